The zero-order valence-electron chi connectivity index (χ0n) is 17.5. The number of carbonyl (C=O) groups is 3. The Labute approximate surface area is 198 Å². The smallest absolute Gasteiger partial charge is 0.272 e. The number of fused-ring (bicyclic) bond motifs is 1. The molecular formula is C23H19Cl2FN2O5. The fourth-order valence-corrected chi connectivity index (χ4v) is 5.19. The normalized spacial score (nSPS) is 28.7. The van der Waals surface area contributed by atoms with Crippen molar-refractivity contribution in [1.82, 2.24) is 10.6 Å². The first-order chi connectivity index (χ1) is 15.5. The first-order valence-electron chi connectivity index (χ1n) is 10.3. The molecule has 4 aliphatic rings. The second-order valence-corrected chi connectivity index (χ2v) is 9.91. The fraction of sp³-hybridized carbons (Fsp3) is 0.348. The quantitative estimate of drug-likeness (QED) is 0.602. The molecule has 0 radical (unpaired) electrons. The lowest BCUT2D eigenvalue weighted by Crippen LogP contribution is -2.84. The summed E-state index contributed by atoms with van der Waals surface area (Å²) in [5.74, 6) is -1.42. The molecule has 1 heterocycles. The molecule has 0 saturated heterocycles. The highest BCUT2D eigenvalue weighted by Crippen LogP contribution is 2.60. The highest BCUT2D eigenvalue weighted by molar-refractivity contribution is 6.31. The van der Waals surface area contributed by atoms with Gasteiger partial charge < -0.3 is 20.1 Å². The Morgan fingerprint density at radius 1 is 1.09 bits per heavy atom. The Morgan fingerprint density at radius 3 is 2.48 bits per heavy atom. The molecule has 1 atom stereocenters. The molecule has 2 N–H and O–H groups in total. The van der Waals surface area contributed by atoms with E-state index in [0.29, 0.717) is 30.0 Å². The summed E-state index contributed by atoms with van der Waals surface area (Å²) in [7, 11) is 0. The van der Waals surface area contributed by atoms with Crippen LogP contribution in [0.5, 0.6) is 11.5 Å². The van der Waals surface area contributed by atoms with E-state index in [9.17, 15) is 18.8 Å². The summed E-state index contributed by atoms with van der Waals surface area (Å²) in [5, 5.41) is 6.21. The van der Waals surface area contributed by atoms with E-state index in [0.717, 1.165) is 6.07 Å². The number of carbonyl (C=O) groups excluding carboxylic acids is 3. The molecule has 0 unspecified atom stereocenters. The highest BCUT2D eigenvalue weighted by atomic mass is 35.5. The molecule has 2 aromatic carbocycles. The third-order valence-corrected chi connectivity index (χ3v) is 6.98. The summed E-state index contributed by atoms with van der Waals surface area (Å²) < 4.78 is 24.5. The molecular weight excluding hydrogens is 474 g/mol. The Morgan fingerprint density at radius 2 is 1.79 bits per heavy atom. The van der Waals surface area contributed by atoms with Crippen molar-refractivity contribution >= 4 is 40.8 Å². The maximum atomic E-state index is 13.5. The van der Waals surface area contributed by atoms with Crippen LogP contribution >= 0.6 is 23.2 Å². The van der Waals surface area contributed by atoms with Crippen molar-refractivity contribution < 1.29 is 28.2 Å². The van der Waals surface area contributed by atoms with Gasteiger partial charge in [0.2, 0.25) is 11.4 Å². The zero-order valence-corrected chi connectivity index (χ0v) is 19.0. The summed E-state index contributed by atoms with van der Waals surface area (Å²) in [6.07, 6.45) is 1.61. The topological polar surface area (TPSA) is 93.7 Å². The average Bonchev–Trinajstić information content (AvgIpc) is 2.97. The van der Waals surface area contributed by atoms with Gasteiger partial charge in [0.05, 0.1) is 10.6 Å². The first kappa shape index (κ1) is 22.0. The van der Waals surface area contributed by atoms with Crippen LogP contribution < -0.4 is 20.1 Å². The van der Waals surface area contributed by atoms with Crippen molar-refractivity contribution in [2.75, 3.05) is 6.61 Å². The van der Waals surface area contributed by atoms with Crippen LogP contribution in [-0.2, 0) is 9.59 Å². The fourth-order valence-electron chi connectivity index (χ4n) is 4.90. The standard InChI is InChI=1S/C23H19Cl2FN2O5/c1-21(19(30)14-6-12(24)2-5-17(14)33-21)20(31)28-23-9-22(10-23,11-23)27-18(29)8-32-13-3-4-15(25)16(26)7-13/h2-7H,8-11H2,1H3,(H,27,29)(H,28,31)/t21-,22?,23?/m1/s1. The van der Waals surface area contributed by atoms with E-state index in [-0.39, 0.29) is 28.8 Å². The molecule has 2 amide bonds. The van der Waals surface area contributed by atoms with Crippen molar-refractivity contribution in [1.29, 1.82) is 0 Å². The summed E-state index contributed by atoms with van der Waals surface area (Å²) in [4.78, 5) is 38.0. The Bertz CT molecular complexity index is 1200. The Kier molecular flexibility index (Phi) is 4.88. The molecule has 0 aromatic heterocycles. The third kappa shape index (κ3) is 3.61. The average molecular weight is 493 g/mol. The van der Waals surface area contributed by atoms with Crippen molar-refractivity contribution in [2.24, 2.45) is 0 Å². The first-order valence-corrected chi connectivity index (χ1v) is 11.0. The van der Waals surface area contributed by atoms with Gasteiger partial charge >= 0.3 is 0 Å². The monoisotopic (exact) mass is 492 g/mol. The number of ether oxygens (including phenoxy) is 2. The largest absolute Gasteiger partial charge is 0.484 e. The number of amides is 2. The summed E-state index contributed by atoms with van der Waals surface area (Å²) >= 11 is 11.6. The number of Topliss-reactive ketones (excluding diaryl/α,β-unsaturated/α-hetero) is 1. The minimum atomic E-state index is -1.67. The van der Waals surface area contributed by atoms with Crippen LogP contribution in [0, 0.1) is 5.82 Å². The summed E-state index contributed by atoms with van der Waals surface area (Å²) in [5.41, 5.74) is -2.29. The van der Waals surface area contributed by atoms with E-state index in [1.807, 2.05) is 0 Å². The number of halogens is 3. The third-order valence-electron chi connectivity index (χ3n) is 6.44. The number of ketones is 1. The molecule has 7 nitrogen and oxygen atoms in total. The second kappa shape index (κ2) is 7.33. The molecule has 3 aliphatic carbocycles. The van der Waals surface area contributed by atoms with E-state index < -0.39 is 34.2 Å². The lowest BCUT2D eigenvalue weighted by Gasteiger charge is -2.70. The molecule has 10 heteroatoms. The van der Waals surface area contributed by atoms with Crippen LogP contribution in [0.3, 0.4) is 0 Å². The molecule has 3 saturated carbocycles. The highest BCUT2D eigenvalue weighted by Gasteiger charge is 2.70. The van der Waals surface area contributed by atoms with Gasteiger partial charge in [-0.25, -0.2) is 4.39 Å². The van der Waals surface area contributed by atoms with Gasteiger partial charge in [-0.1, -0.05) is 23.2 Å². The van der Waals surface area contributed by atoms with Crippen LogP contribution in [0.1, 0.15) is 36.5 Å². The molecule has 3 fully saturated rings. The van der Waals surface area contributed by atoms with Crippen molar-refractivity contribution in [2.45, 2.75) is 42.9 Å². The number of rotatable bonds is 6. The number of nitrogens with one attached hydrogen (secondary N) is 2. The van der Waals surface area contributed by atoms with Crippen molar-refractivity contribution in [3.8, 4) is 11.5 Å². The molecule has 2 aromatic rings. The van der Waals surface area contributed by atoms with Crippen molar-refractivity contribution in [3.05, 3.63) is 57.8 Å². The maximum Gasteiger partial charge on any atom is 0.272 e. The summed E-state index contributed by atoms with van der Waals surface area (Å²) in [6.45, 7) is 1.17. The van der Waals surface area contributed by atoms with E-state index >= 15 is 0 Å². The predicted molar refractivity (Wildman–Crippen MR) is 117 cm³/mol. The minimum absolute atomic E-state index is 0.0285. The van der Waals surface area contributed by atoms with Crippen molar-refractivity contribution in [3.63, 3.8) is 0 Å². The van der Waals surface area contributed by atoms with E-state index in [1.54, 1.807) is 12.1 Å². The van der Waals surface area contributed by atoms with Crippen LogP contribution in [0.2, 0.25) is 10.0 Å². The number of hydrogen-bond donors (Lipinski definition) is 2. The molecule has 33 heavy (non-hydrogen) atoms. The predicted octanol–water partition coefficient (Wildman–Crippen LogP) is 3.45. The van der Waals surface area contributed by atoms with Crippen LogP contribution in [0.25, 0.3) is 0 Å². The molecule has 1 aliphatic heterocycles. The van der Waals surface area contributed by atoms with E-state index in [1.165, 1.54) is 25.1 Å². The Balaban J connectivity index is 1.13. The van der Waals surface area contributed by atoms with Crippen LogP contribution in [-0.4, -0.2) is 40.9 Å². The Hall–Kier alpha value is -2.84. The molecule has 6 rings (SSSR count). The zero-order chi connectivity index (χ0) is 23.6. The van der Waals surface area contributed by atoms with Gasteiger partial charge in [-0.15, -0.1) is 0 Å². The minimum Gasteiger partial charge on any atom is -0.484 e. The van der Waals surface area contributed by atoms with Gasteiger partial charge in [0, 0.05) is 22.2 Å². The van der Waals surface area contributed by atoms with Crippen LogP contribution in [0.15, 0.2) is 36.4 Å². The van der Waals surface area contributed by atoms with Gasteiger partial charge in [-0.05, 0) is 56.5 Å². The van der Waals surface area contributed by atoms with Gasteiger partial charge in [-0.2, -0.15) is 0 Å². The second-order valence-electron chi connectivity index (χ2n) is 9.06. The number of hydrogen-bond acceptors (Lipinski definition) is 5. The molecule has 2 bridgehead atoms. The maximum absolute atomic E-state index is 13.5. The van der Waals surface area contributed by atoms with Gasteiger partial charge in [0.1, 0.15) is 17.3 Å². The van der Waals surface area contributed by atoms with E-state index in [2.05, 4.69) is 10.6 Å². The molecule has 172 valence electrons. The van der Waals surface area contributed by atoms with Gasteiger partial charge in [0.15, 0.2) is 6.61 Å². The van der Waals surface area contributed by atoms with Gasteiger partial charge in [0.25, 0.3) is 11.8 Å². The number of benzene rings is 2. The van der Waals surface area contributed by atoms with Gasteiger partial charge in [-0.3, -0.25) is 14.4 Å². The van der Waals surface area contributed by atoms with E-state index in [4.69, 9.17) is 32.7 Å². The van der Waals surface area contributed by atoms with Crippen LogP contribution in [0.4, 0.5) is 4.39 Å². The molecule has 0 spiro atoms. The summed E-state index contributed by atoms with van der Waals surface area (Å²) in [6, 6.07) is 8.59. The lowest BCUT2D eigenvalue weighted by atomic mass is 9.44. The SMILES string of the molecule is C[C@@]1(C(=O)NC23CC(NC(=O)COc4ccc(Cl)c(F)c4)(C2)C3)Oc2ccc(Cl)cc2C1=O. The lowest BCUT2D eigenvalue weighted by molar-refractivity contribution is -0.155.